The zero-order valence-corrected chi connectivity index (χ0v) is 20.3. The van der Waals surface area contributed by atoms with Gasteiger partial charge < -0.3 is 15.0 Å². The molecular formula is C29H35N3O3. The van der Waals surface area contributed by atoms with Crippen LogP contribution in [0.2, 0.25) is 0 Å². The van der Waals surface area contributed by atoms with Gasteiger partial charge in [0.15, 0.2) is 0 Å². The summed E-state index contributed by atoms with van der Waals surface area (Å²) in [5.41, 5.74) is 2.26. The first-order chi connectivity index (χ1) is 17.1. The summed E-state index contributed by atoms with van der Waals surface area (Å²) in [4.78, 5) is 30.2. The van der Waals surface area contributed by atoms with Gasteiger partial charge in [-0.2, -0.15) is 0 Å². The summed E-state index contributed by atoms with van der Waals surface area (Å²) in [5.74, 6) is 1.54. The van der Waals surface area contributed by atoms with Crippen molar-refractivity contribution in [2.24, 2.45) is 11.8 Å². The lowest BCUT2D eigenvalue weighted by Gasteiger charge is -2.38. The minimum atomic E-state index is 0.146. The van der Waals surface area contributed by atoms with Crippen LogP contribution in [0.1, 0.15) is 36.8 Å². The van der Waals surface area contributed by atoms with E-state index in [0.717, 1.165) is 30.6 Å². The van der Waals surface area contributed by atoms with Crippen molar-refractivity contribution in [2.45, 2.75) is 44.8 Å². The highest BCUT2D eigenvalue weighted by atomic mass is 16.5. The Morgan fingerprint density at radius 2 is 1.80 bits per heavy atom. The number of nitrogens with one attached hydrogen (secondary N) is 1. The molecule has 2 aromatic carbocycles. The fourth-order valence-electron chi connectivity index (χ4n) is 5.17. The number of piperidine rings is 1. The van der Waals surface area contributed by atoms with E-state index in [1.165, 1.54) is 5.56 Å². The first kappa shape index (κ1) is 23.6. The molecule has 1 N–H and O–H groups in total. The molecule has 2 fully saturated rings. The van der Waals surface area contributed by atoms with Crippen molar-refractivity contribution in [2.75, 3.05) is 26.2 Å². The van der Waals surface area contributed by atoms with E-state index < -0.39 is 0 Å². The van der Waals surface area contributed by atoms with Gasteiger partial charge in [-0.25, -0.2) is 0 Å². The van der Waals surface area contributed by atoms with Gasteiger partial charge in [-0.05, 0) is 42.7 Å². The maximum atomic E-state index is 13.5. The molecular weight excluding hydrogens is 438 g/mol. The Morgan fingerprint density at radius 1 is 1.00 bits per heavy atom. The molecule has 0 spiro atoms. The molecule has 6 nitrogen and oxygen atoms in total. The quantitative estimate of drug-likeness (QED) is 0.672. The average molecular weight is 474 g/mol. The Bertz CT molecular complexity index is 1050. The van der Waals surface area contributed by atoms with Crippen LogP contribution >= 0.6 is 0 Å². The topological polar surface area (TPSA) is 61.9 Å². The zero-order chi connectivity index (χ0) is 24.0. The highest BCUT2D eigenvalue weighted by Gasteiger charge is 2.33. The Kier molecular flexibility index (Phi) is 7.48. The lowest BCUT2D eigenvalue weighted by molar-refractivity contribution is -0.135. The number of amides is 2. The molecule has 0 unspecified atom stereocenters. The van der Waals surface area contributed by atoms with Crippen LogP contribution < -0.4 is 10.1 Å². The van der Waals surface area contributed by atoms with Crippen molar-refractivity contribution in [3.05, 3.63) is 77.9 Å². The second kappa shape index (κ2) is 11.1. The number of carbonyl (C=O) groups excluding carboxylic acids is 2. The van der Waals surface area contributed by atoms with Gasteiger partial charge in [0, 0.05) is 44.2 Å². The van der Waals surface area contributed by atoms with E-state index in [2.05, 4.69) is 40.6 Å². The van der Waals surface area contributed by atoms with Crippen LogP contribution in [0.25, 0.3) is 0 Å². The fraction of sp³-hybridized carbons (Fsp3) is 0.448. The smallest absolute Gasteiger partial charge is 0.236 e. The number of ether oxygens (including phenoxy) is 1. The minimum absolute atomic E-state index is 0.146. The third-order valence-electron chi connectivity index (χ3n) is 7.24. The summed E-state index contributed by atoms with van der Waals surface area (Å²) in [6.07, 6.45) is 7.79. The molecule has 3 aliphatic rings. The van der Waals surface area contributed by atoms with Crippen LogP contribution in [-0.2, 0) is 22.7 Å². The second-order valence-electron chi connectivity index (χ2n) is 10.1. The molecule has 1 aliphatic carbocycles. The number of hydrogen-bond acceptors (Lipinski definition) is 4. The van der Waals surface area contributed by atoms with Gasteiger partial charge in [0.2, 0.25) is 11.8 Å². The zero-order valence-electron chi connectivity index (χ0n) is 20.3. The number of para-hydroxylation sites is 1. The summed E-state index contributed by atoms with van der Waals surface area (Å²) in [6, 6.07) is 18.8. The number of benzene rings is 2. The van der Waals surface area contributed by atoms with Crippen LogP contribution in [0.4, 0.5) is 0 Å². The van der Waals surface area contributed by atoms with Gasteiger partial charge in [0.05, 0.1) is 6.54 Å². The van der Waals surface area contributed by atoms with Crippen molar-refractivity contribution in [1.29, 1.82) is 0 Å². The number of nitrogens with zero attached hydrogens (tertiary/aromatic N) is 2. The van der Waals surface area contributed by atoms with E-state index in [1.807, 2.05) is 41.3 Å². The highest BCUT2D eigenvalue weighted by molar-refractivity contribution is 5.79. The molecule has 0 aromatic heterocycles. The van der Waals surface area contributed by atoms with Gasteiger partial charge in [0.25, 0.3) is 0 Å². The van der Waals surface area contributed by atoms with Gasteiger partial charge in [-0.15, -0.1) is 0 Å². The molecule has 5 rings (SSSR count). The molecule has 2 bridgehead atoms. The van der Waals surface area contributed by atoms with E-state index in [9.17, 15) is 9.59 Å². The standard InChI is InChI=1S/C29H35N3O3/c33-28(30-26-12-13-26)17-23-14-15-32-20-24(23)10-6-16-35-27-11-5-4-9-25(27)19-31(21-29(32)34)18-22-7-2-1-3-8-22/h1-11,23-24,26H,12-21H2,(H,30,33)/b10-6-/t23-,24-/m0/s1. The predicted molar refractivity (Wildman–Crippen MR) is 136 cm³/mol. The molecule has 184 valence electrons. The van der Waals surface area contributed by atoms with Crippen LogP contribution in [0.3, 0.4) is 0 Å². The SMILES string of the molecule is O=C(C[C@@H]1CCN2C[C@@H]1/C=C\COc1ccccc1CN(Cc1ccccc1)CC2=O)NC1CC1. The Labute approximate surface area is 207 Å². The molecule has 2 aromatic rings. The van der Waals surface area contributed by atoms with E-state index in [-0.39, 0.29) is 23.7 Å². The first-order valence-electron chi connectivity index (χ1n) is 12.8. The molecule has 1 saturated carbocycles. The summed E-state index contributed by atoms with van der Waals surface area (Å²) in [7, 11) is 0. The number of fused-ring (bicyclic) bond motifs is 3. The van der Waals surface area contributed by atoms with E-state index in [4.69, 9.17) is 4.74 Å². The third kappa shape index (κ3) is 6.51. The van der Waals surface area contributed by atoms with Crippen LogP contribution in [0, 0.1) is 11.8 Å². The van der Waals surface area contributed by atoms with Crippen molar-refractivity contribution >= 4 is 11.8 Å². The summed E-state index contributed by atoms with van der Waals surface area (Å²) in [5, 5.41) is 3.13. The van der Waals surface area contributed by atoms with Gasteiger partial charge in [-0.3, -0.25) is 14.5 Å². The Balaban J connectivity index is 1.35. The van der Waals surface area contributed by atoms with Crippen molar-refractivity contribution < 1.29 is 14.3 Å². The van der Waals surface area contributed by atoms with Crippen LogP contribution in [0.15, 0.2) is 66.7 Å². The Hall–Kier alpha value is -3.12. The van der Waals surface area contributed by atoms with Gasteiger partial charge >= 0.3 is 0 Å². The van der Waals surface area contributed by atoms with Crippen molar-refractivity contribution in [3.8, 4) is 5.75 Å². The summed E-state index contributed by atoms with van der Waals surface area (Å²) < 4.78 is 6.15. The average Bonchev–Trinajstić information content (AvgIpc) is 3.67. The monoisotopic (exact) mass is 473 g/mol. The van der Waals surface area contributed by atoms with Crippen LogP contribution in [0.5, 0.6) is 5.75 Å². The predicted octanol–water partition coefficient (Wildman–Crippen LogP) is 3.77. The maximum Gasteiger partial charge on any atom is 0.236 e. The fourth-order valence-corrected chi connectivity index (χ4v) is 5.17. The van der Waals surface area contributed by atoms with E-state index in [1.54, 1.807) is 0 Å². The minimum Gasteiger partial charge on any atom is -0.489 e. The maximum absolute atomic E-state index is 13.5. The molecule has 35 heavy (non-hydrogen) atoms. The molecule has 2 aliphatic heterocycles. The van der Waals surface area contributed by atoms with Crippen molar-refractivity contribution in [3.63, 3.8) is 0 Å². The van der Waals surface area contributed by atoms with Gasteiger partial charge in [-0.1, -0.05) is 60.7 Å². The molecule has 1 saturated heterocycles. The Morgan fingerprint density at radius 3 is 2.63 bits per heavy atom. The summed E-state index contributed by atoms with van der Waals surface area (Å²) >= 11 is 0. The third-order valence-corrected chi connectivity index (χ3v) is 7.24. The molecule has 2 amide bonds. The second-order valence-corrected chi connectivity index (χ2v) is 10.1. The largest absolute Gasteiger partial charge is 0.489 e. The lowest BCUT2D eigenvalue weighted by Crippen LogP contribution is -2.47. The first-order valence-corrected chi connectivity index (χ1v) is 12.8. The summed E-state index contributed by atoms with van der Waals surface area (Å²) in [6.45, 7) is 3.52. The number of carbonyl (C=O) groups is 2. The van der Waals surface area contributed by atoms with Crippen LogP contribution in [-0.4, -0.2) is 53.9 Å². The van der Waals surface area contributed by atoms with Crippen molar-refractivity contribution in [1.82, 2.24) is 15.1 Å². The number of hydrogen-bond donors (Lipinski definition) is 1. The van der Waals surface area contributed by atoms with Gasteiger partial charge in [0.1, 0.15) is 12.4 Å². The number of rotatable bonds is 5. The normalized spacial score (nSPS) is 24.2. The lowest BCUT2D eigenvalue weighted by atomic mass is 9.82. The molecule has 2 atom stereocenters. The highest BCUT2D eigenvalue weighted by Crippen LogP contribution is 2.30. The van der Waals surface area contributed by atoms with E-state index >= 15 is 0 Å². The molecule has 6 heteroatoms. The molecule has 2 heterocycles. The van der Waals surface area contributed by atoms with E-state index in [0.29, 0.717) is 51.8 Å². The molecule has 0 radical (unpaired) electrons.